The molecule has 0 aromatic heterocycles. The van der Waals surface area contributed by atoms with Crippen LogP contribution in [-0.2, 0) is 14.3 Å². The summed E-state index contributed by atoms with van der Waals surface area (Å²) in [5, 5.41) is 11.7. The van der Waals surface area contributed by atoms with Gasteiger partial charge in [0, 0.05) is 10.8 Å². The quantitative estimate of drug-likeness (QED) is 0.448. The van der Waals surface area contributed by atoms with Gasteiger partial charge in [0.1, 0.15) is 0 Å². The van der Waals surface area contributed by atoms with Crippen LogP contribution in [0.4, 0.5) is 0 Å². The van der Waals surface area contributed by atoms with Crippen molar-refractivity contribution in [2.24, 2.45) is 22.7 Å². The molecule has 0 aliphatic heterocycles. The first-order valence-corrected chi connectivity index (χ1v) is 13.1. The van der Waals surface area contributed by atoms with E-state index in [2.05, 4.69) is 0 Å². The zero-order chi connectivity index (χ0) is 25.2. The Bertz CT molecular complexity index is 1150. The number of ether oxygens (including phenoxy) is 1. The summed E-state index contributed by atoms with van der Waals surface area (Å²) in [5.41, 5.74) is -1.66. The molecule has 4 aliphatic carbocycles. The Kier molecular flexibility index (Phi) is 5.86. The molecule has 0 saturated heterocycles. The highest BCUT2D eigenvalue weighted by Gasteiger charge is 2.74. The number of carbonyl (C=O) groups is 3. The number of aliphatic hydroxyl groups is 1. The largest absolute Gasteiger partial charge is 0.447 e. The van der Waals surface area contributed by atoms with Crippen molar-refractivity contribution in [1.29, 1.82) is 0 Å². The second kappa shape index (κ2) is 8.29. The Morgan fingerprint density at radius 3 is 2.54 bits per heavy atom. The molecular weight excluding hydrogens is 487 g/mol. The van der Waals surface area contributed by atoms with E-state index in [1.54, 1.807) is 36.4 Å². The number of esters is 1. The normalized spacial score (nSPS) is 41.9. The molecule has 7 heteroatoms. The summed E-state index contributed by atoms with van der Waals surface area (Å²) >= 11 is 13.5. The van der Waals surface area contributed by atoms with Gasteiger partial charge >= 0.3 is 5.97 Å². The fourth-order valence-electron chi connectivity index (χ4n) is 7.78. The van der Waals surface area contributed by atoms with Gasteiger partial charge in [0.2, 0.25) is 0 Å². The van der Waals surface area contributed by atoms with Crippen molar-refractivity contribution in [3.63, 3.8) is 0 Å². The van der Waals surface area contributed by atoms with E-state index in [0.29, 0.717) is 31.2 Å². The van der Waals surface area contributed by atoms with Crippen LogP contribution in [0, 0.1) is 22.7 Å². The third-order valence-corrected chi connectivity index (χ3v) is 10.8. The van der Waals surface area contributed by atoms with Gasteiger partial charge in [0.15, 0.2) is 17.2 Å². The molecule has 4 aliphatic rings. The summed E-state index contributed by atoms with van der Waals surface area (Å²) in [4.78, 5) is 37.7. The third-order valence-electron chi connectivity index (χ3n) is 9.61. The maximum absolute atomic E-state index is 13.5. The van der Waals surface area contributed by atoms with Crippen molar-refractivity contribution in [1.82, 2.24) is 0 Å². The Morgan fingerprint density at radius 1 is 1.14 bits per heavy atom. The average molecular weight is 517 g/mol. The number of rotatable bonds is 4. The van der Waals surface area contributed by atoms with Gasteiger partial charge in [-0.25, -0.2) is 4.79 Å². The molecule has 1 unspecified atom stereocenters. The van der Waals surface area contributed by atoms with Gasteiger partial charge in [0.25, 0.3) is 0 Å². The summed E-state index contributed by atoms with van der Waals surface area (Å²) in [6, 6.07) is 8.60. The molecule has 35 heavy (non-hydrogen) atoms. The molecule has 0 amide bonds. The van der Waals surface area contributed by atoms with Gasteiger partial charge in [-0.05, 0) is 68.2 Å². The van der Waals surface area contributed by atoms with Crippen LogP contribution in [0.5, 0.6) is 0 Å². The Balaban J connectivity index is 1.57. The lowest BCUT2D eigenvalue weighted by molar-refractivity contribution is -0.171. The first-order valence-electron chi connectivity index (χ1n) is 12.2. The molecule has 0 radical (unpaired) electrons. The molecule has 0 bridgehead atoms. The molecule has 3 fully saturated rings. The Hall–Kier alpha value is -1.95. The monoisotopic (exact) mass is 516 g/mol. The SMILES string of the molecule is C[C@]12C=CC(=O)C=C1CC[C@H]1[C@@H]3CC[C@](OC(=O)c4ccccc4)(C(=O)CCl)[C@@]3(C)CC(O)[C@@]12Cl. The van der Waals surface area contributed by atoms with Gasteiger partial charge in [0.05, 0.1) is 22.4 Å². The third kappa shape index (κ3) is 3.20. The highest BCUT2D eigenvalue weighted by atomic mass is 35.5. The van der Waals surface area contributed by atoms with E-state index in [-0.39, 0.29) is 35.7 Å². The number of carbonyl (C=O) groups excluding carboxylic acids is 3. The highest BCUT2D eigenvalue weighted by molar-refractivity contribution is 6.29. The van der Waals surface area contributed by atoms with Crippen molar-refractivity contribution in [2.75, 3.05) is 5.88 Å². The maximum atomic E-state index is 13.5. The summed E-state index contributed by atoms with van der Waals surface area (Å²) < 4.78 is 6.12. The van der Waals surface area contributed by atoms with E-state index in [4.69, 9.17) is 27.9 Å². The molecule has 0 spiro atoms. The molecule has 1 aromatic carbocycles. The maximum Gasteiger partial charge on any atom is 0.339 e. The van der Waals surface area contributed by atoms with E-state index >= 15 is 0 Å². The summed E-state index contributed by atoms with van der Waals surface area (Å²) in [6.07, 6.45) is 6.56. The number of ketones is 2. The summed E-state index contributed by atoms with van der Waals surface area (Å²) in [7, 11) is 0. The van der Waals surface area contributed by atoms with Crippen molar-refractivity contribution in [3.8, 4) is 0 Å². The smallest absolute Gasteiger partial charge is 0.339 e. The van der Waals surface area contributed by atoms with Crippen LogP contribution < -0.4 is 0 Å². The van der Waals surface area contributed by atoms with E-state index in [0.717, 1.165) is 5.57 Å². The van der Waals surface area contributed by atoms with Crippen LogP contribution in [0.1, 0.15) is 56.3 Å². The van der Waals surface area contributed by atoms with Gasteiger partial charge in [-0.15, -0.1) is 23.2 Å². The van der Waals surface area contributed by atoms with Crippen molar-refractivity contribution >= 4 is 40.7 Å². The zero-order valence-electron chi connectivity index (χ0n) is 19.9. The van der Waals surface area contributed by atoms with Crippen LogP contribution in [-0.4, -0.2) is 45.1 Å². The minimum atomic E-state index is -1.44. The molecule has 3 saturated carbocycles. The van der Waals surface area contributed by atoms with Crippen LogP contribution in [0.3, 0.4) is 0 Å². The number of hydrogen-bond acceptors (Lipinski definition) is 5. The summed E-state index contributed by atoms with van der Waals surface area (Å²) in [5.74, 6) is -1.47. The number of aliphatic hydroxyl groups excluding tert-OH is 1. The highest BCUT2D eigenvalue weighted by Crippen LogP contribution is 2.71. The number of halogens is 2. The second-order valence-corrected chi connectivity index (χ2v) is 11.8. The molecule has 1 N–H and O–H groups in total. The molecular formula is C28H30Cl2O5. The fourth-order valence-corrected chi connectivity index (χ4v) is 8.52. The number of alkyl halides is 2. The predicted molar refractivity (Wildman–Crippen MR) is 133 cm³/mol. The fraction of sp³-hybridized carbons (Fsp3) is 0.536. The molecule has 5 rings (SSSR count). The molecule has 7 atom stereocenters. The van der Waals surface area contributed by atoms with Crippen molar-refractivity contribution < 1.29 is 24.2 Å². The topological polar surface area (TPSA) is 80.7 Å². The van der Waals surface area contributed by atoms with Crippen LogP contribution in [0.25, 0.3) is 0 Å². The molecule has 1 aromatic rings. The van der Waals surface area contributed by atoms with Gasteiger partial charge < -0.3 is 9.84 Å². The lowest BCUT2D eigenvalue weighted by Gasteiger charge is -2.64. The standard InChI is InChI=1S/C28H30Cl2O5/c1-25-12-10-19(31)14-18(25)8-9-21-20-11-13-27(23(33)16-29,26(20,2)15-22(32)28(21,25)30)35-24(34)17-6-4-3-5-7-17/h3-7,10,12,14,20-22,32H,8-9,11,13,15-16H2,1-2H3/t20-,21-,22?,25-,26-,27-,28-/m0/s1. The number of allylic oxidation sites excluding steroid dienone is 4. The van der Waals surface area contributed by atoms with E-state index in [9.17, 15) is 19.5 Å². The first kappa shape index (κ1) is 24.7. The predicted octanol–water partition coefficient (Wildman–Crippen LogP) is 5.03. The van der Waals surface area contributed by atoms with E-state index in [1.807, 2.05) is 19.9 Å². The lowest BCUT2D eigenvalue weighted by atomic mass is 9.45. The number of fused-ring (bicyclic) bond motifs is 5. The van der Waals surface area contributed by atoms with Crippen molar-refractivity contribution in [2.45, 2.75) is 62.5 Å². The number of benzene rings is 1. The Labute approximate surface area is 215 Å². The second-order valence-electron chi connectivity index (χ2n) is 10.9. The van der Waals surface area contributed by atoms with Gasteiger partial charge in [-0.3, -0.25) is 9.59 Å². The minimum absolute atomic E-state index is 0.0632. The first-order chi connectivity index (χ1) is 16.5. The van der Waals surface area contributed by atoms with E-state index in [1.165, 1.54) is 6.08 Å². The van der Waals surface area contributed by atoms with E-state index < -0.39 is 33.4 Å². The van der Waals surface area contributed by atoms with Crippen LogP contribution in [0.15, 0.2) is 54.1 Å². The minimum Gasteiger partial charge on any atom is -0.447 e. The van der Waals surface area contributed by atoms with Crippen molar-refractivity contribution in [3.05, 3.63) is 59.7 Å². The van der Waals surface area contributed by atoms with Gasteiger partial charge in [-0.1, -0.05) is 43.7 Å². The molecule has 186 valence electrons. The number of Topliss-reactive ketones (excluding diaryl/α,β-unsaturated/α-hetero) is 1. The lowest BCUT2D eigenvalue weighted by Crippen LogP contribution is -2.69. The molecule has 0 heterocycles. The summed E-state index contributed by atoms with van der Waals surface area (Å²) in [6.45, 7) is 3.94. The number of hydrogen-bond donors (Lipinski definition) is 1. The average Bonchev–Trinajstić information content (AvgIpc) is 3.13. The van der Waals surface area contributed by atoms with Crippen LogP contribution in [0.2, 0.25) is 0 Å². The molecule has 5 nitrogen and oxygen atoms in total. The van der Waals surface area contributed by atoms with Crippen LogP contribution >= 0.6 is 23.2 Å². The Morgan fingerprint density at radius 2 is 1.86 bits per heavy atom. The zero-order valence-corrected chi connectivity index (χ0v) is 21.4. The van der Waals surface area contributed by atoms with Gasteiger partial charge in [-0.2, -0.15) is 0 Å².